The van der Waals surface area contributed by atoms with E-state index < -0.39 is 0 Å². The second kappa shape index (κ2) is 5.88. The zero-order valence-corrected chi connectivity index (χ0v) is 12.8. The van der Waals surface area contributed by atoms with Gasteiger partial charge in [0.05, 0.1) is 11.2 Å². The third-order valence-electron chi connectivity index (χ3n) is 4.73. The molecule has 0 spiro atoms. The molecule has 4 rings (SSSR count). The summed E-state index contributed by atoms with van der Waals surface area (Å²) in [7, 11) is 0. The first-order valence-corrected chi connectivity index (χ1v) is 8.10. The fourth-order valence-electron chi connectivity index (χ4n) is 3.65. The molecule has 2 heterocycles. The number of H-pyrrole nitrogens is 1. The third-order valence-corrected chi connectivity index (χ3v) is 4.73. The third kappa shape index (κ3) is 2.72. The second-order valence-electron chi connectivity index (χ2n) is 6.17. The van der Waals surface area contributed by atoms with Gasteiger partial charge in [0, 0.05) is 35.8 Å². The van der Waals surface area contributed by atoms with Crippen LogP contribution >= 0.6 is 0 Å². The van der Waals surface area contributed by atoms with Crippen molar-refractivity contribution in [1.29, 1.82) is 0 Å². The minimum atomic E-state index is -0.0829. The van der Waals surface area contributed by atoms with Gasteiger partial charge in [0.15, 0.2) is 0 Å². The normalized spacial score (nSPS) is 20.7. The summed E-state index contributed by atoms with van der Waals surface area (Å²) in [5.41, 5.74) is 2.99. The molecule has 0 radical (unpaired) electrons. The Hall–Kier alpha value is -2.62. The highest BCUT2D eigenvalue weighted by atomic mass is 16.1. The van der Waals surface area contributed by atoms with Gasteiger partial charge in [-0.2, -0.15) is 0 Å². The van der Waals surface area contributed by atoms with Crippen LogP contribution in [0.1, 0.15) is 30.7 Å². The lowest BCUT2D eigenvalue weighted by Gasteiger charge is -2.23. The van der Waals surface area contributed by atoms with Gasteiger partial charge in [-0.25, -0.2) is 0 Å². The van der Waals surface area contributed by atoms with E-state index in [4.69, 9.17) is 0 Å². The Labute approximate surface area is 134 Å². The molecule has 1 aliphatic rings. The Bertz CT molecular complexity index is 872. The standard InChI is InChI=1S/C19H19N3O/c23-19-11-18(15-12-20-10-9-17(15)22-19)21-16-8-4-7-14(16)13-5-2-1-3-6-13/h1-3,5-6,9-12,14,16H,4,7-8H2,(H2,21,22,23)/t14-,16-/m1/s1. The molecule has 0 aliphatic heterocycles. The summed E-state index contributed by atoms with van der Waals surface area (Å²) in [6, 6.07) is 14.5. The van der Waals surface area contributed by atoms with Crippen molar-refractivity contribution < 1.29 is 0 Å². The summed E-state index contributed by atoms with van der Waals surface area (Å²) in [4.78, 5) is 19.0. The van der Waals surface area contributed by atoms with Crippen molar-refractivity contribution in [1.82, 2.24) is 9.97 Å². The molecule has 2 aromatic heterocycles. The predicted octanol–water partition coefficient (Wildman–Crippen LogP) is 3.67. The molecule has 0 unspecified atom stereocenters. The number of rotatable bonds is 3. The maximum atomic E-state index is 11.9. The first-order chi connectivity index (χ1) is 11.3. The van der Waals surface area contributed by atoms with Gasteiger partial charge >= 0.3 is 0 Å². The Balaban J connectivity index is 1.69. The number of benzene rings is 1. The van der Waals surface area contributed by atoms with Gasteiger partial charge in [-0.3, -0.25) is 9.78 Å². The van der Waals surface area contributed by atoms with E-state index in [2.05, 4.69) is 45.6 Å². The van der Waals surface area contributed by atoms with Crippen LogP contribution in [0.15, 0.2) is 59.7 Å². The van der Waals surface area contributed by atoms with Gasteiger partial charge in [-0.05, 0) is 24.5 Å². The fraction of sp³-hybridized carbons (Fsp3) is 0.263. The van der Waals surface area contributed by atoms with E-state index in [0.717, 1.165) is 23.0 Å². The van der Waals surface area contributed by atoms with Gasteiger partial charge in [-0.15, -0.1) is 0 Å². The first kappa shape index (κ1) is 14.0. The van der Waals surface area contributed by atoms with Crippen molar-refractivity contribution in [3.05, 3.63) is 70.8 Å². The molecule has 23 heavy (non-hydrogen) atoms. The molecule has 1 fully saturated rings. The van der Waals surface area contributed by atoms with Crippen LogP contribution in [0, 0.1) is 0 Å². The van der Waals surface area contributed by atoms with Crippen molar-refractivity contribution in [2.75, 3.05) is 5.32 Å². The van der Waals surface area contributed by atoms with Crippen LogP contribution in [-0.2, 0) is 0 Å². The Morgan fingerprint density at radius 1 is 1.13 bits per heavy atom. The quantitative estimate of drug-likeness (QED) is 0.776. The van der Waals surface area contributed by atoms with E-state index in [9.17, 15) is 4.79 Å². The number of hydrogen-bond donors (Lipinski definition) is 2. The highest BCUT2D eigenvalue weighted by Crippen LogP contribution is 2.37. The topological polar surface area (TPSA) is 57.8 Å². The van der Waals surface area contributed by atoms with Crippen LogP contribution in [0.4, 0.5) is 5.69 Å². The molecule has 1 saturated carbocycles. The average molecular weight is 305 g/mol. The molecular weight excluding hydrogens is 286 g/mol. The SMILES string of the molecule is O=c1cc(N[C@@H]2CCC[C@@H]2c2ccccc2)c2cnccc2[nH]1. The molecule has 1 aromatic carbocycles. The van der Waals surface area contributed by atoms with Crippen LogP contribution in [0.2, 0.25) is 0 Å². The largest absolute Gasteiger partial charge is 0.381 e. The lowest BCUT2D eigenvalue weighted by atomic mass is 9.94. The van der Waals surface area contributed by atoms with Crippen LogP contribution in [0.3, 0.4) is 0 Å². The van der Waals surface area contributed by atoms with Gasteiger partial charge in [0.1, 0.15) is 0 Å². The van der Waals surface area contributed by atoms with Crippen molar-refractivity contribution in [2.45, 2.75) is 31.2 Å². The minimum absolute atomic E-state index is 0.0829. The van der Waals surface area contributed by atoms with Crippen LogP contribution in [-0.4, -0.2) is 16.0 Å². The van der Waals surface area contributed by atoms with Gasteiger partial charge < -0.3 is 10.3 Å². The van der Waals surface area contributed by atoms with Crippen molar-refractivity contribution >= 4 is 16.6 Å². The lowest BCUT2D eigenvalue weighted by Crippen LogP contribution is -2.23. The van der Waals surface area contributed by atoms with Crippen molar-refractivity contribution in [3.63, 3.8) is 0 Å². The Morgan fingerprint density at radius 2 is 2.00 bits per heavy atom. The number of hydrogen-bond acceptors (Lipinski definition) is 3. The molecule has 0 amide bonds. The molecule has 1 aliphatic carbocycles. The summed E-state index contributed by atoms with van der Waals surface area (Å²) < 4.78 is 0. The molecule has 4 heteroatoms. The fourth-order valence-corrected chi connectivity index (χ4v) is 3.65. The summed E-state index contributed by atoms with van der Waals surface area (Å²) >= 11 is 0. The number of nitrogens with one attached hydrogen (secondary N) is 2. The van der Waals surface area contributed by atoms with Crippen molar-refractivity contribution in [3.8, 4) is 0 Å². The molecule has 3 aromatic rings. The van der Waals surface area contributed by atoms with Gasteiger partial charge in [0.25, 0.3) is 0 Å². The van der Waals surface area contributed by atoms with Crippen LogP contribution in [0.5, 0.6) is 0 Å². The molecule has 2 N–H and O–H groups in total. The Morgan fingerprint density at radius 3 is 2.87 bits per heavy atom. The van der Waals surface area contributed by atoms with Crippen LogP contribution < -0.4 is 10.9 Å². The molecule has 0 saturated heterocycles. The zero-order valence-electron chi connectivity index (χ0n) is 12.8. The summed E-state index contributed by atoms with van der Waals surface area (Å²) in [6.07, 6.45) is 7.01. The van der Waals surface area contributed by atoms with Gasteiger partial charge in [-0.1, -0.05) is 36.8 Å². The molecule has 2 atom stereocenters. The van der Waals surface area contributed by atoms with E-state index in [-0.39, 0.29) is 5.56 Å². The average Bonchev–Trinajstić information content (AvgIpc) is 3.04. The highest BCUT2D eigenvalue weighted by Gasteiger charge is 2.28. The number of fused-ring (bicyclic) bond motifs is 1. The smallest absolute Gasteiger partial charge is 0.250 e. The summed E-state index contributed by atoms with van der Waals surface area (Å²) in [5.74, 6) is 0.488. The summed E-state index contributed by atoms with van der Waals surface area (Å²) in [5, 5.41) is 4.58. The molecule has 4 nitrogen and oxygen atoms in total. The van der Waals surface area contributed by atoms with Crippen LogP contribution in [0.25, 0.3) is 10.9 Å². The predicted molar refractivity (Wildman–Crippen MR) is 92.8 cm³/mol. The lowest BCUT2D eigenvalue weighted by molar-refractivity contribution is 0.651. The highest BCUT2D eigenvalue weighted by molar-refractivity contribution is 5.90. The number of aromatic amines is 1. The first-order valence-electron chi connectivity index (χ1n) is 8.10. The van der Waals surface area contributed by atoms with Gasteiger partial charge in [0.2, 0.25) is 5.56 Å². The number of pyridine rings is 2. The molecular formula is C19H19N3O. The maximum Gasteiger partial charge on any atom is 0.250 e. The number of nitrogens with zero attached hydrogens (tertiary/aromatic N) is 1. The monoisotopic (exact) mass is 305 g/mol. The maximum absolute atomic E-state index is 11.9. The Kier molecular flexibility index (Phi) is 3.58. The van der Waals surface area contributed by atoms with E-state index >= 15 is 0 Å². The van der Waals surface area contributed by atoms with Crippen molar-refractivity contribution in [2.24, 2.45) is 0 Å². The zero-order chi connectivity index (χ0) is 15.6. The number of aromatic nitrogens is 2. The molecule has 0 bridgehead atoms. The number of anilines is 1. The summed E-state index contributed by atoms with van der Waals surface area (Å²) in [6.45, 7) is 0. The van der Waals surface area contributed by atoms with E-state index in [0.29, 0.717) is 12.0 Å². The minimum Gasteiger partial charge on any atom is -0.381 e. The molecule has 116 valence electrons. The van der Waals surface area contributed by atoms with E-state index in [1.807, 2.05) is 6.07 Å². The van der Waals surface area contributed by atoms with E-state index in [1.165, 1.54) is 18.4 Å². The second-order valence-corrected chi connectivity index (χ2v) is 6.17. The van der Waals surface area contributed by atoms with E-state index in [1.54, 1.807) is 18.5 Å².